The van der Waals surface area contributed by atoms with Crippen LogP contribution in [0.25, 0.3) is 0 Å². The van der Waals surface area contributed by atoms with Gasteiger partial charge >= 0.3 is 0 Å². The predicted molar refractivity (Wildman–Crippen MR) is 139 cm³/mol. The van der Waals surface area contributed by atoms with E-state index in [1.54, 1.807) is 42.5 Å². The molecule has 0 radical (unpaired) electrons. The number of amides is 1. The number of hydrogen-bond donors (Lipinski definition) is 1. The zero-order chi connectivity index (χ0) is 25.4. The summed E-state index contributed by atoms with van der Waals surface area (Å²) in [6.07, 6.45) is 0.552. The Bertz CT molecular complexity index is 1350. The van der Waals surface area contributed by atoms with Gasteiger partial charge in [-0.25, -0.2) is 8.42 Å². The summed E-state index contributed by atoms with van der Waals surface area (Å²) in [5.74, 6) is 0.290. The zero-order valence-electron chi connectivity index (χ0n) is 20.2. The van der Waals surface area contributed by atoms with Crippen molar-refractivity contribution in [3.8, 4) is 5.75 Å². The van der Waals surface area contributed by atoms with Crippen molar-refractivity contribution in [3.63, 3.8) is 0 Å². The Morgan fingerprint density at radius 2 is 1.77 bits per heavy atom. The molecule has 184 valence electrons. The Morgan fingerprint density at radius 3 is 2.46 bits per heavy atom. The highest BCUT2D eigenvalue weighted by atomic mass is 35.5. The molecule has 35 heavy (non-hydrogen) atoms. The second-order valence-electron chi connectivity index (χ2n) is 9.48. The van der Waals surface area contributed by atoms with Crippen LogP contribution in [0.3, 0.4) is 0 Å². The summed E-state index contributed by atoms with van der Waals surface area (Å²) in [5.41, 5.74) is 2.46. The van der Waals surface area contributed by atoms with E-state index in [0.29, 0.717) is 22.9 Å². The van der Waals surface area contributed by atoms with Crippen LogP contribution in [0.1, 0.15) is 43.0 Å². The number of para-hydroxylation sites is 1. The lowest BCUT2D eigenvalue weighted by Gasteiger charge is -2.38. The van der Waals surface area contributed by atoms with Gasteiger partial charge in [-0.3, -0.25) is 9.10 Å². The van der Waals surface area contributed by atoms with Crippen molar-refractivity contribution >= 4 is 33.2 Å². The highest BCUT2D eigenvalue weighted by Gasteiger charge is 2.35. The lowest BCUT2D eigenvalue weighted by molar-refractivity contribution is -0.120. The second kappa shape index (κ2) is 9.55. The van der Waals surface area contributed by atoms with Crippen LogP contribution in [0, 0.1) is 13.8 Å². The third-order valence-corrected chi connectivity index (χ3v) is 8.25. The van der Waals surface area contributed by atoms with Gasteiger partial charge in [0.15, 0.2) is 0 Å². The Balaban J connectivity index is 1.66. The molecular weight excluding hydrogens is 484 g/mol. The minimum atomic E-state index is -4.03. The highest BCUT2D eigenvalue weighted by Crippen LogP contribution is 2.39. The Labute approximate surface area is 211 Å². The quantitative estimate of drug-likeness (QED) is 0.468. The molecule has 0 bridgehead atoms. The molecule has 1 unspecified atom stereocenters. The Kier molecular flexibility index (Phi) is 6.84. The number of nitrogens with one attached hydrogen (secondary N) is 1. The van der Waals surface area contributed by atoms with Gasteiger partial charge in [0.2, 0.25) is 5.91 Å². The van der Waals surface area contributed by atoms with E-state index in [9.17, 15) is 13.2 Å². The Morgan fingerprint density at radius 1 is 1.09 bits per heavy atom. The van der Waals surface area contributed by atoms with Gasteiger partial charge in [-0.2, -0.15) is 0 Å². The van der Waals surface area contributed by atoms with Crippen LogP contribution in [-0.4, -0.2) is 26.5 Å². The van der Waals surface area contributed by atoms with Crippen LogP contribution in [-0.2, 0) is 14.8 Å². The molecule has 1 aliphatic rings. The molecule has 0 spiro atoms. The SMILES string of the molecule is Cc1ccc(S(=O)(=O)N(CC(=O)NC2CC(C)(C)Oc3ccccc32)c2ccc(C)c(Cl)c2)cc1. The molecule has 1 aliphatic heterocycles. The molecule has 3 aromatic rings. The van der Waals surface area contributed by atoms with E-state index in [-0.39, 0.29) is 10.9 Å². The number of fused-ring (bicyclic) bond motifs is 1. The summed E-state index contributed by atoms with van der Waals surface area (Å²) in [6, 6.07) is 18.8. The predicted octanol–water partition coefficient (Wildman–Crippen LogP) is 5.57. The maximum atomic E-state index is 13.7. The number of benzene rings is 3. The number of aryl methyl sites for hydroxylation is 2. The molecule has 4 rings (SSSR count). The van der Waals surface area contributed by atoms with Crippen LogP contribution < -0.4 is 14.4 Å². The molecule has 1 N–H and O–H groups in total. The van der Waals surface area contributed by atoms with Gasteiger partial charge in [0.05, 0.1) is 16.6 Å². The van der Waals surface area contributed by atoms with E-state index in [1.165, 1.54) is 0 Å². The molecule has 3 aromatic carbocycles. The van der Waals surface area contributed by atoms with Gasteiger partial charge in [-0.1, -0.05) is 53.6 Å². The van der Waals surface area contributed by atoms with Crippen molar-refractivity contribution in [1.29, 1.82) is 0 Å². The number of halogens is 1. The van der Waals surface area contributed by atoms with Crippen LogP contribution in [0.15, 0.2) is 71.6 Å². The molecule has 0 aliphatic carbocycles. The number of hydrogen-bond acceptors (Lipinski definition) is 4. The number of nitrogens with zero attached hydrogens (tertiary/aromatic N) is 1. The summed E-state index contributed by atoms with van der Waals surface area (Å²) in [7, 11) is -4.03. The summed E-state index contributed by atoms with van der Waals surface area (Å²) in [4.78, 5) is 13.4. The van der Waals surface area contributed by atoms with Crippen molar-refractivity contribution in [2.24, 2.45) is 0 Å². The minimum absolute atomic E-state index is 0.102. The fraction of sp³-hybridized carbons (Fsp3) is 0.296. The van der Waals surface area contributed by atoms with E-state index in [2.05, 4.69) is 5.32 Å². The standard InChI is InChI=1S/C27H29ClN2O4S/c1-18-9-13-21(14-10-18)35(32,33)30(20-12-11-19(2)23(28)15-20)17-26(31)29-24-16-27(3,4)34-25-8-6-5-7-22(24)25/h5-15,24H,16-17H2,1-4H3,(H,29,31). The van der Waals surface area contributed by atoms with E-state index in [0.717, 1.165) is 21.0 Å². The number of anilines is 1. The first kappa shape index (κ1) is 25.1. The number of rotatable bonds is 6. The van der Waals surface area contributed by atoms with Crippen LogP contribution in [0.5, 0.6) is 5.75 Å². The average Bonchev–Trinajstić information content (AvgIpc) is 2.79. The molecule has 8 heteroatoms. The summed E-state index contributed by atoms with van der Waals surface area (Å²) >= 11 is 6.32. The average molecular weight is 513 g/mol. The lowest BCUT2D eigenvalue weighted by atomic mass is 9.89. The highest BCUT2D eigenvalue weighted by molar-refractivity contribution is 7.92. The van der Waals surface area contributed by atoms with Gasteiger partial charge in [-0.05, 0) is 63.6 Å². The maximum Gasteiger partial charge on any atom is 0.264 e. The fourth-order valence-electron chi connectivity index (χ4n) is 4.19. The number of sulfonamides is 1. The monoisotopic (exact) mass is 512 g/mol. The topological polar surface area (TPSA) is 75.7 Å². The van der Waals surface area contributed by atoms with Gasteiger partial charge < -0.3 is 10.1 Å². The largest absolute Gasteiger partial charge is 0.487 e. The number of carbonyl (C=O) groups is 1. The van der Waals surface area contributed by atoms with E-state index < -0.39 is 28.1 Å². The minimum Gasteiger partial charge on any atom is -0.487 e. The smallest absolute Gasteiger partial charge is 0.264 e. The van der Waals surface area contributed by atoms with Crippen molar-refractivity contribution in [2.45, 2.75) is 50.7 Å². The fourth-order valence-corrected chi connectivity index (χ4v) is 5.78. The van der Waals surface area contributed by atoms with Crippen LogP contribution in [0.2, 0.25) is 5.02 Å². The van der Waals surface area contributed by atoms with Crippen molar-refractivity contribution < 1.29 is 17.9 Å². The van der Waals surface area contributed by atoms with E-state index in [1.807, 2.05) is 52.0 Å². The van der Waals surface area contributed by atoms with E-state index >= 15 is 0 Å². The van der Waals surface area contributed by atoms with Crippen molar-refractivity contribution in [2.75, 3.05) is 10.8 Å². The van der Waals surface area contributed by atoms with Crippen molar-refractivity contribution in [1.82, 2.24) is 5.32 Å². The molecule has 0 saturated heterocycles. The van der Waals surface area contributed by atoms with Crippen LogP contribution in [0.4, 0.5) is 5.69 Å². The molecular formula is C27H29ClN2O4S. The van der Waals surface area contributed by atoms with Gasteiger partial charge in [0.1, 0.15) is 17.9 Å². The zero-order valence-corrected chi connectivity index (χ0v) is 21.8. The van der Waals surface area contributed by atoms with Crippen LogP contribution >= 0.6 is 11.6 Å². The summed E-state index contributed by atoms with van der Waals surface area (Å²) in [6.45, 7) is 7.25. The Hall–Kier alpha value is -3.03. The maximum absolute atomic E-state index is 13.7. The first-order valence-corrected chi connectivity index (χ1v) is 13.2. The van der Waals surface area contributed by atoms with Gasteiger partial charge in [0, 0.05) is 17.0 Å². The molecule has 1 atom stereocenters. The molecule has 0 aromatic heterocycles. The van der Waals surface area contributed by atoms with Crippen molar-refractivity contribution in [3.05, 3.63) is 88.4 Å². The number of carbonyl (C=O) groups excluding carboxylic acids is 1. The first-order chi connectivity index (χ1) is 16.5. The summed E-state index contributed by atoms with van der Waals surface area (Å²) < 4.78 is 34.5. The second-order valence-corrected chi connectivity index (χ2v) is 11.8. The third kappa shape index (κ3) is 5.46. The molecule has 1 heterocycles. The molecule has 6 nitrogen and oxygen atoms in total. The third-order valence-electron chi connectivity index (χ3n) is 6.05. The van der Waals surface area contributed by atoms with Gasteiger partial charge in [-0.15, -0.1) is 0 Å². The van der Waals surface area contributed by atoms with Gasteiger partial charge in [0.25, 0.3) is 10.0 Å². The molecule has 1 amide bonds. The lowest BCUT2D eigenvalue weighted by Crippen LogP contribution is -2.45. The number of ether oxygens (including phenoxy) is 1. The molecule has 0 saturated carbocycles. The molecule has 0 fully saturated rings. The first-order valence-electron chi connectivity index (χ1n) is 11.4. The van der Waals surface area contributed by atoms with E-state index in [4.69, 9.17) is 16.3 Å². The summed E-state index contributed by atoms with van der Waals surface area (Å²) in [5, 5.41) is 3.45. The normalized spacial score (nSPS) is 16.7.